The van der Waals surface area contributed by atoms with Gasteiger partial charge in [0.15, 0.2) is 0 Å². The molecule has 3 aromatic rings. The van der Waals surface area contributed by atoms with Crippen LogP contribution in [-0.2, 0) is 0 Å². The Kier molecular flexibility index (Phi) is 5.12. The van der Waals surface area contributed by atoms with Gasteiger partial charge in [-0.15, -0.1) is 0 Å². The lowest BCUT2D eigenvalue weighted by Crippen LogP contribution is -2.16. The second-order valence-corrected chi connectivity index (χ2v) is 5.62. The minimum atomic E-state index is -0.295. The number of amides is 1. The quantitative estimate of drug-likeness (QED) is 0.749. The minimum Gasteiger partial charge on any atom is -0.467 e. The van der Waals surface area contributed by atoms with E-state index >= 15 is 0 Å². The SMILES string of the molecule is COc1nc(C)c(NC(=O)c2ccccc2Oc2ccccc2)c(C)n1. The Hall–Kier alpha value is -3.41. The van der Waals surface area contributed by atoms with Gasteiger partial charge in [0.1, 0.15) is 11.5 Å². The summed E-state index contributed by atoms with van der Waals surface area (Å²) in [6, 6.07) is 16.7. The van der Waals surface area contributed by atoms with Gasteiger partial charge >= 0.3 is 6.01 Å². The molecule has 1 amide bonds. The topological polar surface area (TPSA) is 73.3 Å². The fraction of sp³-hybridized carbons (Fsp3) is 0.150. The number of nitrogens with one attached hydrogen (secondary N) is 1. The van der Waals surface area contributed by atoms with E-state index in [1.54, 1.807) is 32.0 Å². The van der Waals surface area contributed by atoms with Crippen LogP contribution in [0.1, 0.15) is 21.7 Å². The van der Waals surface area contributed by atoms with Crippen LogP contribution in [0.25, 0.3) is 0 Å². The van der Waals surface area contributed by atoms with E-state index in [-0.39, 0.29) is 11.9 Å². The third-order valence-corrected chi connectivity index (χ3v) is 3.77. The van der Waals surface area contributed by atoms with Crippen LogP contribution in [0.5, 0.6) is 17.5 Å². The molecule has 1 N–H and O–H groups in total. The van der Waals surface area contributed by atoms with Gasteiger partial charge in [-0.05, 0) is 38.1 Å². The van der Waals surface area contributed by atoms with Gasteiger partial charge in [0.2, 0.25) is 0 Å². The average Bonchev–Trinajstić information content (AvgIpc) is 2.65. The molecule has 0 atom stereocenters. The number of methoxy groups -OCH3 is 1. The van der Waals surface area contributed by atoms with Crippen molar-refractivity contribution in [2.45, 2.75) is 13.8 Å². The average molecular weight is 349 g/mol. The Morgan fingerprint density at radius 3 is 2.19 bits per heavy atom. The van der Waals surface area contributed by atoms with Gasteiger partial charge in [0.05, 0.1) is 29.7 Å². The van der Waals surface area contributed by atoms with E-state index in [0.29, 0.717) is 34.1 Å². The molecule has 1 heterocycles. The molecule has 0 aliphatic carbocycles. The zero-order valence-electron chi connectivity index (χ0n) is 14.8. The van der Waals surface area contributed by atoms with E-state index in [1.807, 2.05) is 36.4 Å². The molecule has 0 unspecified atom stereocenters. The lowest BCUT2D eigenvalue weighted by atomic mass is 10.1. The highest BCUT2D eigenvalue weighted by atomic mass is 16.5. The monoisotopic (exact) mass is 349 g/mol. The molecule has 6 heteroatoms. The molecule has 0 radical (unpaired) electrons. The lowest BCUT2D eigenvalue weighted by Gasteiger charge is -2.14. The van der Waals surface area contributed by atoms with E-state index in [1.165, 1.54) is 7.11 Å². The summed E-state index contributed by atoms with van der Waals surface area (Å²) < 4.78 is 10.9. The van der Waals surface area contributed by atoms with Crippen molar-refractivity contribution in [1.82, 2.24) is 9.97 Å². The summed E-state index contributed by atoms with van der Waals surface area (Å²) in [7, 11) is 1.50. The molecular weight excluding hydrogens is 330 g/mol. The van der Waals surface area contributed by atoms with Crippen molar-refractivity contribution in [1.29, 1.82) is 0 Å². The zero-order valence-corrected chi connectivity index (χ0v) is 14.8. The number of carbonyl (C=O) groups is 1. The Morgan fingerprint density at radius 1 is 0.923 bits per heavy atom. The predicted octanol–water partition coefficient (Wildman–Crippen LogP) is 4.15. The molecule has 0 spiro atoms. The van der Waals surface area contributed by atoms with Crippen LogP contribution < -0.4 is 14.8 Å². The molecule has 1 aromatic heterocycles. The molecule has 0 aliphatic heterocycles. The molecule has 0 aliphatic rings. The summed E-state index contributed by atoms with van der Waals surface area (Å²) >= 11 is 0. The van der Waals surface area contributed by atoms with E-state index < -0.39 is 0 Å². The normalized spacial score (nSPS) is 10.3. The number of anilines is 1. The highest BCUT2D eigenvalue weighted by Gasteiger charge is 2.17. The molecule has 6 nitrogen and oxygen atoms in total. The van der Waals surface area contributed by atoms with Crippen LogP contribution in [0.15, 0.2) is 54.6 Å². The number of hydrogen-bond donors (Lipinski definition) is 1. The summed E-state index contributed by atoms with van der Waals surface area (Å²) in [5, 5.41) is 2.87. The molecule has 132 valence electrons. The lowest BCUT2D eigenvalue weighted by molar-refractivity contribution is 0.102. The van der Waals surface area contributed by atoms with Crippen LogP contribution in [-0.4, -0.2) is 23.0 Å². The van der Waals surface area contributed by atoms with Gasteiger partial charge in [-0.25, -0.2) is 0 Å². The van der Waals surface area contributed by atoms with Crippen molar-refractivity contribution in [3.8, 4) is 17.5 Å². The number of ether oxygens (including phenoxy) is 2. The number of aryl methyl sites for hydroxylation is 2. The maximum atomic E-state index is 12.8. The molecular formula is C20H19N3O3. The third kappa shape index (κ3) is 3.80. The van der Waals surface area contributed by atoms with Crippen molar-refractivity contribution in [3.63, 3.8) is 0 Å². The number of nitrogens with zero attached hydrogens (tertiary/aromatic N) is 2. The molecule has 26 heavy (non-hydrogen) atoms. The summed E-state index contributed by atoms with van der Waals surface area (Å²) in [6.45, 7) is 3.58. The molecule has 0 saturated heterocycles. The van der Waals surface area contributed by atoms with Crippen molar-refractivity contribution in [3.05, 3.63) is 71.5 Å². The fourth-order valence-corrected chi connectivity index (χ4v) is 2.50. The standard InChI is InChI=1S/C20H19N3O3/c1-13-18(14(2)22-20(21-13)25-3)23-19(24)16-11-7-8-12-17(16)26-15-9-5-4-6-10-15/h4-12H,1-3H3,(H,23,24). The number of para-hydroxylation sites is 2. The largest absolute Gasteiger partial charge is 0.467 e. The maximum Gasteiger partial charge on any atom is 0.316 e. The Balaban J connectivity index is 1.87. The number of rotatable bonds is 5. The molecule has 0 saturated carbocycles. The van der Waals surface area contributed by atoms with E-state index in [4.69, 9.17) is 9.47 Å². The van der Waals surface area contributed by atoms with E-state index in [0.717, 1.165) is 0 Å². The Morgan fingerprint density at radius 2 is 1.54 bits per heavy atom. The summed E-state index contributed by atoms with van der Waals surface area (Å²) in [6.07, 6.45) is 0. The van der Waals surface area contributed by atoms with Crippen molar-refractivity contribution in [2.24, 2.45) is 0 Å². The summed E-state index contributed by atoms with van der Waals surface area (Å²) in [5.41, 5.74) is 2.24. The second-order valence-electron chi connectivity index (χ2n) is 5.62. The second kappa shape index (κ2) is 7.65. The van der Waals surface area contributed by atoms with Crippen molar-refractivity contribution >= 4 is 11.6 Å². The van der Waals surface area contributed by atoms with Gasteiger partial charge in [-0.2, -0.15) is 9.97 Å². The van der Waals surface area contributed by atoms with Crippen LogP contribution >= 0.6 is 0 Å². The maximum absolute atomic E-state index is 12.8. The highest BCUT2D eigenvalue weighted by Crippen LogP contribution is 2.27. The van der Waals surface area contributed by atoms with Gasteiger partial charge in [-0.3, -0.25) is 4.79 Å². The first-order valence-corrected chi connectivity index (χ1v) is 8.11. The van der Waals surface area contributed by atoms with Crippen molar-refractivity contribution in [2.75, 3.05) is 12.4 Å². The zero-order chi connectivity index (χ0) is 18.5. The number of aromatic nitrogens is 2. The van der Waals surface area contributed by atoms with Crippen LogP contribution in [0, 0.1) is 13.8 Å². The summed E-state index contributed by atoms with van der Waals surface area (Å²) in [5.74, 6) is 0.838. The molecule has 2 aromatic carbocycles. The van der Waals surface area contributed by atoms with Crippen molar-refractivity contribution < 1.29 is 14.3 Å². The number of carbonyl (C=O) groups excluding carboxylic acids is 1. The third-order valence-electron chi connectivity index (χ3n) is 3.77. The van der Waals surface area contributed by atoms with Crippen LogP contribution in [0.3, 0.4) is 0 Å². The molecule has 0 fully saturated rings. The first-order chi connectivity index (χ1) is 12.6. The fourth-order valence-electron chi connectivity index (χ4n) is 2.50. The van der Waals surface area contributed by atoms with Gasteiger partial charge in [0, 0.05) is 0 Å². The molecule has 3 rings (SSSR count). The minimum absolute atomic E-state index is 0.269. The molecule has 0 bridgehead atoms. The highest BCUT2D eigenvalue weighted by molar-refractivity contribution is 6.06. The Bertz CT molecular complexity index is 904. The number of hydrogen-bond acceptors (Lipinski definition) is 5. The first-order valence-electron chi connectivity index (χ1n) is 8.11. The first kappa shape index (κ1) is 17.4. The van der Waals surface area contributed by atoms with Gasteiger partial charge in [0.25, 0.3) is 5.91 Å². The van der Waals surface area contributed by atoms with E-state index in [9.17, 15) is 4.79 Å². The number of benzene rings is 2. The van der Waals surface area contributed by atoms with E-state index in [2.05, 4.69) is 15.3 Å². The Labute approximate surface area is 151 Å². The van der Waals surface area contributed by atoms with Crippen LogP contribution in [0.4, 0.5) is 5.69 Å². The smallest absolute Gasteiger partial charge is 0.316 e. The predicted molar refractivity (Wildman–Crippen MR) is 99.0 cm³/mol. The summed E-state index contributed by atoms with van der Waals surface area (Å²) in [4.78, 5) is 21.2. The van der Waals surface area contributed by atoms with Gasteiger partial charge < -0.3 is 14.8 Å². The van der Waals surface area contributed by atoms with Crippen LogP contribution in [0.2, 0.25) is 0 Å². The van der Waals surface area contributed by atoms with Gasteiger partial charge in [-0.1, -0.05) is 30.3 Å².